The van der Waals surface area contributed by atoms with Gasteiger partial charge in [0.1, 0.15) is 5.56 Å². The number of hydrogen-bond donors (Lipinski definition) is 1. The fourth-order valence-corrected chi connectivity index (χ4v) is 3.69. The quantitative estimate of drug-likeness (QED) is 0.472. The molecule has 27 heavy (non-hydrogen) atoms. The van der Waals surface area contributed by atoms with Gasteiger partial charge in [0, 0.05) is 28.1 Å². The maximum atomic E-state index is 12.5. The van der Waals surface area contributed by atoms with Crippen molar-refractivity contribution in [2.45, 2.75) is 20.3 Å². The highest BCUT2D eigenvalue weighted by Crippen LogP contribution is 2.27. The zero-order valence-corrected chi connectivity index (χ0v) is 16.2. The number of carbonyl (C=O) groups is 1. The summed E-state index contributed by atoms with van der Waals surface area (Å²) in [5, 5.41) is 15.0. The number of aromatic nitrogens is 1. The number of aryl methyl sites for hydroxylation is 2. The van der Waals surface area contributed by atoms with Crippen LogP contribution in [0.4, 0.5) is 10.8 Å². The number of thiazole rings is 1. The number of hydrogen-bond acceptors (Lipinski definition) is 5. The van der Waals surface area contributed by atoms with Crippen LogP contribution in [0, 0.1) is 24.0 Å². The molecule has 0 aliphatic heterocycles. The van der Waals surface area contributed by atoms with Crippen molar-refractivity contribution in [3.05, 3.63) is 84.9 Å². The monoisotopic (exact) mass is 401 g/mol. The van der Waals surface area contributed by atoms with Gasteiger partial charge in [-0.2, -0.15) is 0 Å². The van der Waals surface area contributed by atoms with Crippen LogP contribution in [0.3, 0.4) is 0 Å². The second kappa shape index (κ2) is 7.85. The summed E-state index contributed by atoms with van der Waals surface area (Å²) in [7, 11) is 0. The van der Waals surface area contributed by atoms with Crippen molar-refractivity contribution >= 4 is 39.7 Å². The first-order valence-electron chi connectivity index (χ1n) is 8.10. The summed E-state index contributed by atoms with van der Waals surface area (Å²) < 4.78 is 0. The zero-order valence-electron chi connectivity index (χ0n) is 14.7. The first-order valence-corrected chi connectivity index (χ1v) is 9.29. The first-order chi connectivity index (χ1) is 12.8. The number of benzene rings is 2. The van der Waals surface area contributed by atoms with Gasteiger partial charge in [-0.25, -0.2) is 4.98 Å². The predicted octanol–water partition coefficient (Wildman–Crippen LogP) is 5.16. The summed E-state index contributed by atoms with van der Waals surface area (Å²) in [6.45, 7) is 3.54. The van der Waals surface area contributed by atoms with Gasteiger partial charge in [0.05, 0.1) is 4.92 Å². The summed E-state index contributed by atoms with van der Waals surface area (Å²) in [6.07, 6.45) is 2.32. The van der Waals surface area contributed by atoms with Gasteiger partial charge in [-0.3, -0.25) is 20.2 Å². The minimum absolute atomic E-state index is 0.0158. The molecule has 0 fully saturated rings. The molecule has 1 N–H and O–H groups in total. The smallest absolute Gasteiger partial charge is 0.285 e. The third kappa shape index (κ3) is 4.32. The van der Waals surface area contributed by atoms with E-state index < -0.39 is 10.8 Å². The van der Waals surface area contributed by atoms with E-state index in [0.717, 1.165) is 16.0 Å². The Morgan fingerprint density at radius 2 is 2.04 bits per heavy atom. The Morgan fingerprint density at radius 3 is 2.74 bits per heavy atom. The summed E-state index contributed by atoms with van der Waals surface area (Å²) in [5.74, 6) is -0.551. The standard InChI is InChI=1S/C19H16ClN3O3S/c1-11-6-7-13(9-16(11)20)8-14-10-21-19(27-14)22-18(24)15-5-3-4-12(2)17(15)23(25)26/h3-7,9-10H,8H2,1-2H3,(H,21,22,24). The fraction of sp³-hybridized carbons (Fsp3) is 0.158. The average molecular weight is 402 g/mol. The molecule has 3 aromatic rings. The summed E-state index contributed by atoms with van der Waals surface area (Å²) >= 11 is 7.47. The molecule has 138 valence electrons. The van der Waals surface area contributed by atoms with Gasteiger partial charge >= 0.3 is 0 Å². The largest absolute Gasteiger partial charge is 0.298 e. The number of nitro groups is 1. The third-order valence-corrected chi connectivity index (χ3v) is 5.37. The Bertz CT molecular complexity index is 1030. The lowest BCUT2D eigenvalue weighted by atomic mass is 10.1. The number of rotatable bonds is 5. The molecule has 0 bridgehead atoms. The molecule has 6 nitrogen and oxygen atoms in total. The van der Waals surface area contributed by atoms with Crippen molar-refractivity contribution < 1.29 is 9.72 Å². The van der Waals surface area contributed by atoms with E-state index in [2.05, 4.69) is 10.3 Å². The molecule has 3 rings (SSSR count). The number of nitrogens with one attached hydrogen (secondary N) is 1. The van der Waals surface area contributed by atoms with Crippen LogP contribution in [-0.2, 0) is 6.42 Å². The molecular formula is C19H16ClN3O3S. The van der Waals surface area contributed by atoms with Crippen LogP contribution in [0.2, 0.25) is 5.02 Å². The maximum absolute atomic E-state index is 12.5. The Kier molecular flexibility index (Phi) is 5.53. The normalized spacial score (nSPS) is 10.6. The molecule has 8 heteroatoms. The topological polar surface area (TPSA) is 85.1 Å². The van der Waals surface area contributed by atoms with Crippen molar-refractivity contribution in [1.82, 2.24) is 4.98 Å². The van der Waals surface area contributed by atoms with Gasteiger partial charge < -0.3 is 0 Å². The van der Waals surface area contributed by atoms with Gasteiger partial charge in [0.15, 0.2) is 5.13 Å². The Morgan fingerprint density at radius 1 is 1.26 bits per heavy atom. The molecule has 0 aliphatic carbocycles. The molecular weight excluding hydrogens is 386 g/mol. The molecule has 1 amide bonds. The van der Waals surface area contributed by atoms with Gasteiger partial charge in [-0.15, -0.1) is 11.3 Å². The average Bonchev–Trinajstić information content (AvgIpc) is 3.04. The molecule has 1 aromatic heterocycles. The number of halogens is 1. The number of anilines is 1. The van der Waals surface area contributed by atoms with Crippen LogP contribution >= 0.6 is 22.9 Å². The second-order valence-electron chi connectivity index (χ2n) is 6.07. The van der Waals surface area contributed by atoms with Crippen LogP contribution < -0.4 is 5.32 Å². The zero-order chi connectivity index (χ0) is 19.6. The molecule has 0 saturated heterocycles. The molecule has 0 unspecified atom stereocenters. The Balaban J connectivity index is 1.76. The number of amides is 1. The summed E-state index contributed by atoms with van der Waals surface area (Å²) in [6, 6.07) is 10.5. The third-order valence-electron chi connectivity index (χ3n) is 4.05. The summed E-state index contributed by atoms with van der Waals surface area (Å²) in [5.41, 5.74) is 2.31. The van der Waals surface area contributed by atoms with Crippen LogP contribution in [-0.4, -0.2) is 15.8 Å². The first kappa shape index (κ1) is 19.0. The summed E-state index contributed by atoms with van der Waals surface area (Å²) in [4.78, 5) is 28.3. The van der Waals surface area contributed by atoms with Crippen molar-refractivity contribution in [3.8, 4) is 0 Å². The number of nitrogens with zero attached hydrogens (tertiary/aromatic N) is 2. The molecule has 2 aromatic carbocycles. The number of para-hydroxylation sites is 1. The van der Waals surface area contributed by atoms with E-state index in [-0.39, 0.29) is 11.3 Å². The van der Waals surface area contributed by atoms with Crippen molar-refractivity contribution in [2.24, 2.45) is 0 Å². The van der Waals surface area contributed by atoms with Crippen molar-refractivity contribution in [1.29, 1.82) is 0 Å². The van der Waals surface area contributed by atoms with Crippen LogP contribution in [0.25, 0.3) is 0 Å². The van der Waals surface area contributed by atoms with E-state index in [1.54, 1.807) is 25.3 Å². The minimum Gasteiger partial charge on any atom is -0.298 e. The van der Waals surface area contributed by atoms with Crippen molar-refractivity contribution in [2.75, 3.05) is 5.32 Å². The van der Waals surface area contributed by atoms with Crippen LogP contribution in [0.1, 0.15) is 31.9 Å². The van der Waals surface area contributed by atoms with Gasteiger partial charge in [-0.1, -0.05) is 35.9 Å². The van der Waals surface area contributed by atoms with E-state index in [9.17, 15) is 14.9 Å². The molecule has 0 atom stereocenters. The predicted molar refractivity (Wildman–Crippen MR) is 107 cm³/mol. The highest BCUT2D eigenvalue weighted by molar-refractivity contribution is 7.15. The Hall–Kier alpha value is -2.77. The number of carbonyl (C=O) groups excluding carboxylic acids is 1. The highest BCUT2D eigenvalue weighted by atomic mass is 35.5. The van der Waals surface area contributed by atoms with E-state index in [0.29, 0.717) is 22.1 Å². The van der Waals surface area contributed by atoms with Gasteiger partial charge in [-0.05, 0) is 37.1 Å². The number of nitro benzene ring substituents is 1. The van der Waals surface area contributed by atoms with E-state index in [4.69, 9.17) is 11.6 Å². The van der Waals surface area contributed by atoms with Gasteiger partial charge in [0.25, 0.3) is 11.6 Å². The van der Waals surface area contributed by atoms with Crippen LogP contribution in [0.5, 0.6) is 0 Å². The van der Waals surface area contributed by atoms with E-state index in [1.165, 1.54) is 17.4 Å². The van der Waals surface area contributed by atoms with Crippen molar-refractivity contribution in [3.63, 3.8) is 0 Å². The molecule has 0 aliphatic rings. The van der Waals surface area contributed by atoms with Gasteiger partial charge in [0.2, 0.25) is 0 Å². The minimum atomic E-state index is -0.551. The van der Waals surface area contributed by atoms with Crippen LogP contribution in [0.15, 0.2) is 42.6 Å². The lowest BCUT2D eigenvalue weighted by molar-refractivity contribution is -0.385. The Labute approximate surface area is 165 Å². The maximum Gasteiger partial charge on any atom is 0.285 e. The fourth-order valence-electron chi connectivity index (χ4n) is 2.64. The molecule has 0 radical (unpaired) electrons. The van der Waals surface area contributed by atoms with E-state index in [1.807, 2.05) is 25.1 Å². The SMILES string of the molecule is Cc1ccc(Cc2cnc(NC(=O)c3cccc(C)c3[N+](=O)[O-])s2)cc1Cl. The lowest BCUT2D eigenvalue weighted by Gasteiger charge is -2.05. The molecule has 1 heterocycles. The molecule has 0 saturated carbocycles. The lowest BCUT2D eigenvalue weighted by Crippen LogP contribution is -2.14. The van der Waals surface area contributed by atoms with E-state index >= 15 is 0 Å². The highest BCUT2D eigenvalue weighted by Gasteiger charge is 2.23. The molecule has 0 spiro atoms. The second-order valence-corrected chi connectivity index (χ2v) is 7.60.